The van der Waals surface area contributed by atoms with Crippen molar-refractivity contribution in [3.63, 3.8) is 0 Å². The number of carbonyl (C=O) groups is 3. The summed E-state index contributed by atoms with van der Waals surface area (Å²) >= 11 is 11.9. The van der Waals surface area contributed by atoms with Gasteiger partial charge >= 0.3 is 5.97 Å². The zero-order valence-corrected chi connectivity index (χ0v) is 24.1. The van der Waals surface area contributed by atoms with Gasteiger partial charge in [-0.25, -0.2) is 10.2 Å². The third-order valence-electron chi connectivity index (χ3n) is 5.90. The number of unbranched alkanes of at least 4 members (excludes halogenated alkanes) is 8. The second-order valence-electron chi connectivity index (χ2n) is 9.08. The van der Waals surface area contributed by atoms with Crippen LogP contribution in [0, 0.1) is 0 Å². The number of carbonyl (C=O) groups excluding carboxylic acids is 3. The average molecular weight is 579 g/mol. The maximum absolute atomic E-state index is 12.4. The first kappa shape index (κ1) is 32.1. The van der Waals surface area contributed by atoms with E-state index in [0.717, 1.165) is 19.3 Å². The highest BCUT2D eigenvalue weighted by atomic mass is 35.5. The molecule has 0 radical (unpaired) electrons. The Morgan fingerprint density at radius 2 is 1.54 bits per heavy atom. The zero-order valence-electron chi connectivity index (χ0n) is 22.6. The number of methoxy groups -OCH3 is 1. The molecule has 0 bridgehead atoms. The second-order valence-corrected chi connectivity index (χ2v) is 9.89. The van der Waals surface area contributed by atoms with Gasteiger partial charge in [-0.3, -0.25) is 9.59 Å². The summed E-state index contributed by atoms with van der Waals surface area (Å²) in [6.07, 6.45) is 12.4. The van der Waals surface area contributed by atoms with Crippen LogP contribution in [-0.4, -0.2) is 37.7 Å². The first-order valence-electron chi connectivity index (χ1n) is 13.3. The number of rotatable bonds is 17. The van der Waals surface area contributed by atoms with E-state index < -0.39 is 11.9 Å². The topological polar surface area (TPSA) is 106 Å². The van der Waals surface area contributed by atoms with E-state index in [9.17, 15) is 14.4 Å². The van der Waals surface area contributed by atoms with Crippen molar-refractivity contribution in [2.75, 3.05) is 13.7 Å². The summed E-state index contributed by atoms with van der Waals surface area (Å²) in [4.78, 5) is 36.4. The Bertz CT molecular complexity index is 1120. The number of nitrogens with zero attached hydrogens (tertiary/aromatic N) is 1. The summed E-state index contributed by atoms with van der Waals surface area (Å²) in [5, 5.41) is 7.09. The smallest absolute Gasteiger partial charge is 0.343 e. The number of hydrogen-bond acceptors (Lipinski definition) is 6. The van der Waals surface area contributed by atoms with E-state index in [1.165, 1.54) is 70.0 Å². The van der Waals surface area contributed by atoms with Gasteiger partial charge in [0.05, 0.1) is 35.5 Å². The number of esters is 1. The van der Waals surface area contributed by atoms with Crippen molar-refractivity contribution in [1.82, 2.24) is 10.7 Å². The summed E-state index contributed by atoms with van der Waals surface area (Å²) in [5.74, 6) is -0.717. The molecule has 39 heavy (non-hydrogen) atoms. The van der Waals surface area contributed by atoms with Gasteiger partial charge in [0.25, 0.3) is 5.91 Å². The number of halogens is 2. The van der Waals surface area contributed by atoms with E-state index >= 15 is 0 Å². The van der Waals surface area contributed by atoms with E-state index in [2.05, 4.69) is 22.8 Å². The van der Waals surface area contributed by atoms with Crippen molar-refractivity contribution >= 4 is 47.2 Å². The molecule has 2 amide bonds. The quantitative estimate of drug-likeness (QED) is 0.0714. The Hall–Kier alpha value is -3.10. The molecule has 2 aromatic rings. The Morgan fingerprint density at radius 3 is 2.21 bits per heavy atom. The van der Waals surface area contributed by atoms with Gasteiger partial charge in [0.2, 0.25) is 5.91 Å². The molecular weight excluding hydrogens is 541 g/mol. The van der Waals surface area contributed by atoms with Gasteiger partial charge in [-0.2, -0.15) is 5.10 Å². The summed E-state index contributed by atoms with van der Waals surface area (Å²) in [6, 6.07) is 9.22. The van der Waals surface area contributed by atoms with E-state index in [1.807, 2.05) is 0 Å². The van der Waals surface area contributed by atoms with Crippen molar-refractivity contribution in [2.45, 2.75) is 71.1 Å². The summed E-state index contributed by atoms with van der Waals surface area (Å²) in [7, 11) is 1.44. The van der Waals surface area contributed by atoms with E-state index in [-0.39, 0.29) is 28.8 Å². The molecular formula is C29H37Cl2N3O5. The molecule has 0 fully saturated rings. The maximum atomic E-state index is 12.4. The first-order chi connectivity index (χ1) is 18.8. The van der Waals surface area contributed by atoms with Gasteiger partial charge in [-0.05, 0) is 48.4 Å². The Morgan fingerprint density at radius 1 is 0.846 bits per heavy atom. The van der Waals surface area contributed by atoms with Gasteiger partial charge in [0, 0.05) is 6.42 Å². The van der Waals surface area contributed by atoms with Crippen LogP contribution in [0.4, 0.5) is 0 Å². The second kappa shape index (κ2) is 18.2. The molecule has 0 aliphatic rings. The van der Waals surface area contributed by atoms with Crippen LogP contribution in [0.15, 0.2) is 41.5 Å². The SMILES string of the molecule is CCCCCCCCCCCC(=O)NCC(=O)NN=Cc1ccc(OC(=O)c2ccc(Cl)c(Cl)c2)c(OC)c1. The largest absolute Gasteiger partial charge is 0.493 e. The molecule has 2 N–H and O–H groups in total. The average Bonchev–Trinajstić information content (AvgIpc) is 2.93. The molecule has 212 valence electrons. The van der Waals surface area contributed by atoms with Crippen LogP contribution in [0.2, 0.25) is 10.0 Å². The number of amides is 2. The minimum atomic E-state index is -0.625. The fourth-order valence-corrected chi connectivity index (χ4v) is 4.01. The van der Waals surface area contributed by atoms with E-state index in [4.69, 9.17) is 32.7 Å². The van der Waals surface area contributed by atoms with Crippen molar-refractivity contribution < 1.29 is 23.9 Å². The van der Waals surface area contributed by atoms with Crippen LogP contribution >= 0.6 is 23.2 Å². The van der Waals surface area contributed by atoms with Crippen LogP contribution in [0.1, 0.15) is 87.1 Å². The lowest BCUT2D eigenvalue weighted by molar-refractivity contribution is -0.126. The lowest BCUT2D eigenvalue weighted by Gasteiger charge is -2.10. The lowest BCUT2D eigenvalue weighted by atomic mass is 10.1. The highest BCUT2D eigenvalue weighted by Crippen LogP contribution is 2.29. The van der Waals surface area contributed by atoms with Crippen LogP contribution in [0.5, 0.6) is 11.5 Å². The highest BCUT2D eigenvalue weighted by molar-refractivity contribution is 6.42. The predicted molar refractivity (Wildman–Crippen MR) is 155 cm³/mol. The molecule has 8 nitrogen and oxygen atoms in total. The third kappa shape index (κ3) is 12.5. The summed E-state index contributed by atoms with van der Waals surface area (Å²) in [6.45, 7) is 2.06. The normalized spacial score (nSPS) is 10.9. The Labute approximate surface area is 240 Å². The van der Waals surface area contributed by atoms with E-state index in [1.54, 1.807) is 18.2 Å². The highest BCUT2D eigenvalue weighted by Gasteiger charge is 2.14. The van der Waals surface area contributed by atoms with Crippen molar-refractivity contribution in [3.05, 3.63) is 57.6 Å². The molecule has 0 atom stereocenters. The monoisotopic (exact) mass is 577 g/mol. The minimum Gasteiger partial charge on any atom is -0.493 e. The van der Waals surface area contributed by atoms with Gasteiger partial charge < -0.3 is 14.8 Å². The standard InChI is InChI=1S/C29H37Cl2N3O5/c1-3-4-5-6-7-8-9-10-11-12-27(35)32-20-28(36)34-33-19-21-13-16-25(26(17-21)38-2)39-29(37)22-14-15-23(30)24(31)18-22/h13-19H,3-12,20H2,1-2H3,(H,32,35)(H,34,36). The van der Waals surface area contributed by atoms with Gasteiger partial charge in [-0.15, -0.1) is 0 Å². The van der Waals surface area contributed by atoms with Gasteiger partial charge in [-0.1, -0.05) is 81.5 Å². The number of hydrogen-bond donors (Lipinski definition) is 2. The summed E-state index contributed by atoms with van der Waals surface area (Å²) < 4.78 is 10.7. The molecule has 0 spiro atoms. The van der Waals surface area contributed by atoms with Crippen LogP contribution in [-0.2, 0) is 9.59 Å². The molecule has 2 aromatic carbocycles. The Balaban J connectivity index is 1.70. The fraction of sp³-hybridized carbons (Fsp3) is 0.448. The van der Waals surface area contributed by atoms with Crippen LogP contribution in [0.25, 0.3) is 0 Å². The molecule has 0 aromatic heterocycles. The van der Waals surface area contributed by atoms with Crippen LogP contribution < -0.4 is 20.2 Å². The number of ether oxygens (including phenoxy) is 2. The van der Waals surface area contributed by atoms with Crippen molar-refractivity contribution in [3.8, 4) is 11.5 Å². The fourth-order valence-electron chi connectivity index (χ4n) is 3.71. The zero-order chi connectivity index (χ0) is 28.5. The van der Waals surface area contributed by atoms with E-state index in [0.29, 0.717) is 22.8 Å². The number of hydrazone groups is 1. The molecule has 0 heterocycles. The minimum absolute atomic E-state index is 0.146. The first-order valence-corrected chi connectivity index (χ1v) is 14.0. The third-order valence-corrected chi connectivity index (χ3v) is 6.64. The lowest BCUT2D eigenvalue weighted by Crippen LogP contribution is -2.34. The summed E-state index contributed by atoms with van der Waals surface area (Å²) in [5.41, 5.74) is 3.20. The maximum Gasteiger partial charge on any atom is 0.343 e. The molecule has 0 saturated carbocycles. The predicted octanol–water partition coefficient (Wildman–Crippen LogP) is 6.71. The molecule has 2 rings (SSSR count). The number of benzene rings is 2. The Kier molecular flexibility index (Phi) is 15.0. The van der Waals surface area contributed by atoms with Crippen molar-refractivity contribution in [1.29, 1.82) is 0 Å². The molecule has 0 aliphatic heterocycles. The van der Waals surface area contributed by atoms with Crippen LogP contribution in [0.3, 0.4) is 0 Å². The molecule has 0 unspecified atom stereocenters. The molecule has 10 heteroatoms. The number of nitrogens with one attached hydrogen (secondary N) is 2. The molecule has 0 aliphatic carbocycles. The molecule has 0 saturated heterocycles. The van der Waals surface area contributed by atoms with Gasteiger partial charge in [0.1, 0.15) is 0 Å². The van der Waals surface area contributed by atoms with Crippen molar-refractivity contribution in [2.24, 2.45) is 5.10 Å². The van der Waals surface area contributed by atoms with Gasteiger partial charge in [0.15, 0.2) is 11.5 Å².